The maximum Gasteiger partial charge on any atom is 0.409 e. The van der Waals surface area contributed by atoms with E-state index in [0.717, 1.165) is 0 Å². The SMILES string of the molecule is C=C(C[C@H](NS(=O)(=O)c1ccccc1)c1ccc([N+](=O)[O-])cc1)[C@@H](C)OC(=O)N(C)C. The molecule has 9 nitrogen and oxygen atoms in total. The Morgan fingerprint density at radius 3 is 2.26 bits per heavy atom. The van der Waals surface area contributed by atoms with Gasteiger partial charge in [-0.25, -0.2) is 17.9 Å². The zero-order valence-electron chi connectivity index (χ0n) is 17.5. The Morgan fingerprint density at radius 1 is 1.16 bits per heavy atom. The van der Waals surface area contributed by atoms with Crippen LogP contribution in [-0.4, -0.2) is 44.5 Å². The third kappa shape index (κ3) is 6.63. The Morgan fingerprint density at radius 2 is 1.74 bits per heavy atom. The molecule has 2 atom stereocenters. The van der Waals surface area contributed by atoms with Crippen LogP contribution in [0.5, 0.6) is 0 Å². The number of benzene rings is 2. The molecule has 0 aromatic heterocycles. The second-order valence-electron chi connectivity index (χ2n) is 7.12. The molecule has 0 aliphatic heterocycles. The van der Waals surface area contributed by atoms with E-state index in [9.17, 15) is 23.3 Å². The zero-order valence-corrected chi connectivity index (χ0v) is 18.3. The Bertz CT molecular complexity index is 1040. The Balaban J connectivity index is 2.30. The third-order valence-corrected chi connectivity index (χ3v) is 6.03. The Hall–Kier alpha value is -3.24. The van der Waals surface area contributed by atoms with Gasteiger partial charge in [0.15, 0.2) is 0 Å². The average Bonchev–Trinajstić information content (AvgIpc) is 2.73. The van der Waals surface area contributed by atoms with Crippen LogP contribution in [0.1, 0.15) is 24.9 Å². The van der Waals surface area contributed by atoms with Gasteiger partial charge in [-0.2, -0.15) is 0 Å². The third-order valence-electron chi connectivity index (χ3n) is 4.54. The average molecular weight is 448 g/mol. The fourth-order valence-corrected chi connectivity index (χ4v) is 3.92. The first-order valence-corrected chi connectivity index (χ1v) is 10.9. The van der Waals surface area contributed by atoms with E-state index in [1.54, 1.807) is 39.2 Å². The molecule has 166 valence electrons. The highest BCUT2D eigenvalue weighted by molar-refractivity contribution is 7.89. The van der Waals surface area contributed by atoms with E-state index in [0.29, 0.717) is 11.1 Å². The predicted octanol–water partition coefficient (Wildman–Crippen LogP) is 3.65. The molecular formula is C21H25N3O6S. The summed E-state index contributed by atoms with van der Waals surface area (Å²) in [4.78, 5) is 23.6. The molecule has 2 aromatic rings. The summed E-state index contributed by atoms with van der Waals surface area (Å²) in [6, 6.07) is 12.6. The highest BCUT2D eigenvalue weighted by Gasteiger charge is 2.25. The lowest BCUT2D eigenvalue weighted by molar-refractivity contribution is -0.384. The lowest BCUT2D eigenvalue weighted by Crippen LogP contribution is -2.31. The quantitative estimate of drug-likeness (QED) is 0.356. The molecule has 10 heteroatoms. The molecule has 0 radical (unpaired) electrons. The smallest absolute Gasteiger partial charge is 0.409 e. The van der Waals surface area contributed by atoms with Gasteiger partial charge in [0.1, 0.15) is 6.10 Å². The van der Waals surface area contributed by atoms with Crippen molar-refractivity contribution in [2.45, 2.75) is 30.4 Å². The van der Waals surface area contributed by atoms with Crippen LogP contribution >= 0.6 is 0 Å². The highest BCUT2D eigenvalue weighted by atomic mass is 32.2. The first-order chi connectivity index (χ1) is 14.5. The van der Waals surface area contributed by atoms with Crippen molar-refractivity contribution < 1.29 is 22.9 Å². The van der Waals surface area contributed by atoms with Crippen LogP contribution in [0.15, 0.2) is 71.6 Å². The number of nitro groups is 1. The number of carbonyl (C=O) groups excluding carboxylic acids is 1. The van der Waals surface area contributed by atoms with Crippen LogP contribution in [0, 0.1) is 10.1 Å². The zero-order chi connectivity index (χ0) is 23.2. The summed E-state index contributed by atoms with van der Waals surface area (Å²) < 4.78 is 33.7. The van der Waals surface area contributed by atoms with E-state index < -0.39 is 33.2 Å². The lowest BCUT2D eigenvalue weighted by atomic mass is 9.98. The number of carbonyl (C=O) groups is 1. The van der Waals surface area contributed by atoms with Gasteiger partial charge in [-0.3, -0.25) is 10.1 Å². The van der Waals surface area contributed by atoms with Gasteiger partial charge < -0.3 is 9.64 Å². The van der Waals surface area contributed by atoms with Crippen molar-refractivity contribution in [1.82, 2.24) is 9.62 Å². The largest absolute Gasteiger partial charge is 0.442 e. The summed E-state index contributed by atoms with van der Waals surface area (Å²) >= 11 is 0. The summed E-state index contributed by atoms with van der Waals surface area (Å²) in [5, 5.41) is 10.9. The van der Waals surface area contributed by atoms with Crippen molar-refractivity contribution in [1.29, 1.82) is 0 Å². The molecule has 0 aliphatic carbocycles. The lowest BCUT2D eigenvalue weighted by Gasteiger charge is -2.24. The summed E-state index contributed by atoms with van der Waals surface area (Å²) in [6.07, 6.45) is -1.10. The molecule has 1 amide bonds. The number of amides is 1. The van der Waals surface area contributed by atoms with Crippen molar-refractivity contribution >= 4 is 21.8 Å². The first-order valence-electron chi connectivity index (χ1n) is 9.38. The fraction of sp³-hybridized carbons (Fsp3) is 0.286. The van der Waals surface area contributed by atoms with Gasteiger partial charge in [-0.05, 0) is 36.6 Å². The number of nitro benzene ring substituents is 1. The molecule has 0 saturated heterocycles. The molecule has 2 rings (SSSR count). The van der Waals surface area contributed by atoms with E-state index in [-0.39, 0.29) is 17.0 Å². The van der Waals surface area contributed by atoms with Crippen LogP contribution < -0.4 is 4.72 Å². The van der Waals surface area contributed by atoms with E-state index in [2.05, 4.69) is 11.3 Å². The van der Waals surface area contributed by atoms with Crippen LogP contribution in [0.25, 0.3) is 0 Å². The molecule has 0 aliphatic rings. The molecule has 0 unspecified atom stereocenters. The minimum atomic E-state index is -3.88. The molecule has 0 fully saturated rings. The number of ether oxygens (including phenoxy) is 1. The first kappa shape index (κ1) is 24.0. The van der Waals surface area contributed by atoms with Crippen LogP contribution in [0.4, 0.5) is 10.5 Å². The minimum Gasteiger partial charge on any atom is -0.442 e. The molecule has 0 spiro atoms. The molecule has 0 heterocycles. The highest BCUT2D eigenvalue weighted by Crippen LogP contribution is 2.27. The topological polar surface area (TPSA) is 119 Å². The summed E-state index contributed by atoms with van der Waals surface area (Å²) in [7, 11) is -0.789. The number of hydrogen-bond donors (Lipinski definition) is 1. The second-order valence-corrected chi connectivity index (χ2v) is 8.83. The number of nitrogens with one attached hydrogen (secondary N) is 1. The molecular weight excluding hydrogens is 422 g/mol. The number of nitrogens with zero attached hydrogens (tertiary/aromatic N) is 2. The van der Waals surface area contributed by atoms with Crippen LogP contribution in [0.3, 0.4) is 0 Å². The van der Waals surface area contributed by atoms with Crippen molar-refractivity contribution in [3.63, 3.8) is 0 Å². The summed E-state index contributed by atoms with van der Waals surface area (Å²) in [6.45, 7) is 5.58. The van der Waals surface area contributed by atoms with Gasteiger partial charge in [0, 0.05) is 26.2 Å². The van der Waals surface area contributed by atoms with Gasteiger partial charge in [-0.15, -0.1) is 0 Å². The van der Waals surface area contributed by atoms with Crippen molar-refractivity contribution in [2.24, 2.45) is 0 Å². The number of rotatable bonds is 9. The van der Waals surface area contributed by atoms with Gasteiger partial charge in [0.2, 0.25) is 10.0 Å². The van der Waals surface area contributed by atoms with E-state index in [4.69, 9.17) is 4.74 Å². The van der Waals surface area contributed by atoms with E-state index in [1.165, 1.54) is 41.3 Å². The van der Waals surface area contributed by atoms with Crippen LogP contribution in [-0.2, 0) is 14.8 Å². The molecule has 2 aromatic carbocycles. The summed E-state index contributed by atoms with van der Waals surface area (Å²) in [5.74, 6) is 0. The molecule has 1 N–H and O–H groups in total. The molecule has 0 saturated carbocycles. The van der Waals surface area contributed by atoms with Crippen LogP contribution in [0.2, 0.25) is 0 Å². The van der Waals surface area contributed by atoms with Crippen molar-refractivity contribution in [3.8, 4) is 0 Å². The van der Waals surface area contributed by atoms with Gasteiger partial charge in [0.05, 0.1) is 15.9 Å². The Labute approximate surface area is 181 Å². The van der Waals surface area contributed by atoms with Crippen molar-refractivity contribution in [3.05, 3.63) is 82.4 Å². The standard InChI is InChI=1S/C21H25N3O6S/c1-15(16(2)30-21(25)23(3)4)14-20(17-10-12-18(13-11-17)24(26)27)22-31(28,29)19-8-6-5-7-9-19/h5-13,16,20,22H,1,14H2,2-4H3/t16-,20+/m1/s1. The second kappa shape index (κ2) is 10.2. The monoisotopic (exact) mass is 447 g/mol. The fourth-order valence-electron chi connectivity index (χ4n) is 2.68. The predicted molar refractivity (Wildman–Crippen MR) is 116 cm³/mol. The molecule has 0 bridgehead atoms. The van der Waals surface area contributed by atoms with E-state index in [1.807, 2.05) is 0 Å². The van der Waals surface area contributed by atoms with Gasteiger partial charge in [0.25, 0.3) is 5.69 Å². The Kier molecular flexibility index (Phi) is 7.89. The summed E-state index contributed by atoms with van der Waals surface area (Å²) in [5.41, 5.74) is 0.882. The normalized spacial score (nSPS) is 13.1. The minimum absolute atomic E-state index is 0.0830. The van der Waals surface area contributed by atoms with Gasteiger partial charge >= 0.3 is 6.09 Å². The number of non-ortho nitro benzene ring substituents is 1. The van der Waals surface area contributed by atoms with Gasteiger partial charge in [-0.1, -0.05) is 36.9 Å². The maximum atomic E-state index is 12.9. The maximum absolute atomic E-state index is 12.9. The number of hydrogen-bond acceptors (Lipinski definition) is 6. The molecule has 31 heavy (non-hydrogen) atoms. The van der Waals surface area contributed by atoms with E-state index >= 15 is 0 Å². The number of sulfonamides is 1. The van der Waals surface area contributed by atoms with Crippen molar-refractivity contribution in [2.75, 3.05) is 14.1 Å².